The molecule has 11 N–H and O–H groups in total. The number of alkyl carbamates (subject to hydrolysis) is 2. The van der Waals surface area contributed by atoms with Gasteiger partial charge < -0.3 is 72.5 Å². The SMILES string of the molecule is C.C.C.C.C.C.C.CC(C)NC(=O)COc1ccc(Cl)cc1Cl.CC(C)NC(=O)Cc1cc(F)cc(F)c1.CC(C)NC(=O)NC(COCc1ccccc1)c1ccccc1.CC(C)NC(=O)NCCc1c(Cl)cccc1Cl.CC(C)NC(=O)OCC1c2ccccc2-c2ccccc21.CC(C)NC(=O)[C@H](N)c1ccccc1.Cc1ccc(COC(=O)NC(C)C)cc1. The van der Waals surface area contributed by atoms with Crippen LogP contribution in [0.1, 0.15) is 217 Å². The van der Waals surface area contributed by atoms with Crippen molar-refractivity contribution in [2.24, 2.45) is 5.73 Å². The van der Waals surface area contributed by atoms with E-state index in [1.54, 1.807) is 36.4 Å². The number of hydrogen-bond donors (Lipinski definition) is 10. The number of rotatable bonds is 27. The first kappa shape index (κ1) is 124. The number of urea groups is 2. The van der Waals surface area contributed by atoms with E-state index in [0.29, 0.717) is 70.8 Å². The zero-order valence-electron chi connectivity index (χ0n) is 71.6. The van der Waals surface area contributed by atoms with Crippen LogP contribution >= 0.6 is 46.4 Å². The molecule has 128 heavy (non-hydrogen) atoms. The molecule has 0 aliphatic heterocycles. The highest BCUT2D eigenvalue weighted by molar-refractivity contribution is 6.36. The number of benzene rings is 9. The summed E-state index contributed by atoms with van der Waals surface area (Å²) in [7, 11) is 0. The summed E-state index contributed by atoms with van der Waals surface area (Å²) in [5, 5.41) is 27.0. The zero-order valence-corrected chi connectivity index (χ0v) is 74.6. The summed E-state index contributed by atoms with van der Waals surface area (Å²) >= 11 is 23.6. The van der Waals surface area contributed by atoms with Crippen molar-refractivity contribution in [3.05, 3.63) is 300 Å². The second-order valence-electron chi connectivity index (χ2n) is 30.0. The molecule has 9 aromatic rings. The molecule has 9 aromatic carbocycles. The molecule has 1 aliphatic carbocycles. The molecule has 1 unspecified atom stereocenters. The van der Waals surface area contributed by atoms with E-state index in [1.807, 2.05) is 243 Å². The third-order valence-electron chi connectivity index (χ3n) is 16.4. The van der Waals surface area contributed by atoms with E-state index in [0.717, 1.165) is 46.0 Å². The fourth-order valence-electron chi connectivity index (χ4n) is 11.2. The lowest BCUT2D eigenvalue weighted by Gasteiger charge is -2.20. The highest BCUT2D eigenvalue weighted by Gasteiger charge is 2.29. The average molecular weight is 1860 g/mol. The lowest BCUT2D eigenvalue weighted by molar-refractivity contribution is -0.124. The molecule has 2 atom stereocenters. The summed E-state index contributed by atoms with van der Waals surface area (Å²) < 4.78 is 47.0. The zero-order chi connectivity index (χ0) is 89.5. The molecule has 9 amide bonds. The first-order valence-corrected chi connectivity index (χ1v) is 41.5. The molecule has 10 rings (SSSR count). The van der Waals surface area contributed by atoms with Crippen molar-refractivity contribution in [1.29, 1.82) is 0 Å². The number of aryl methyl sites for hydroxylation is 1. The van der Waals surface area contributed by atoms with Gasteiger partial charge in [0, 0.05) is 75.9 Å². The average Bonchev–Trinajstić information content (AvgIpc) is 1.61. The van der Waals surface area contributed by atoms with Crippen molar-refractivity contribution in [3.8, 4) is 16.9 Å². The molecular weight excluding hydrogens is 1710 g/mol. The topological polar surface area (TPSA) is 291 Å². The number of halogens is 6. The normalized spacial score (nSPS) is 10.7. The quantitative estimate of drug-likeness (QED) is 0.0230. The standard InChI is InChI=1S/C19H24N2O2.C18H19NO2.C12H16Cl2N2O.C12H17NO2.C11H13Cl2NO2.C11H13F2NO.C11H16N2O.7CH4/c1-15(2)20-19(22)21-18(17-11-7-4-8-12-17)14-23-13-16-9-5-3-6-10-16;1-12(2)19-18(20)21-11-17-15-9-5-3-7-13(15)14-8-4-6-10-16(14)17;1-8(2)16-12(17)15-7-6-9-10(13)4-3-5-11(9)14;1-9(2)13-12(14)15-8-11-6-4-10(3)5-7-11;1-7(2)14-11(15)6-16-10-4-3-8(12)5-9(10)13;1-7(2)14-11(15)5-8-3-9(12)6-10(13)4-8;1-8(2)13-11(14)10(12)9-6-4-3-5-7-9;;;;;;;/h3-12,15,18H,13-14H2,1-2H3,(H2,20,21,22);3-10,12,17H,11H2,1-2H3,(H,19,20);3-5,8H,6-7H2,1-2H3,(H2,15,16,17);4-7,9H,8H2,1-3H3,(H,13,14);3-5,7H,6H2,1-2H3,(H,14,15);3-4,6-7H,5H2,1-2H3,(H,14,15);3-8,10H,12H2,1-2H3,(H,13,14);7*1H4/t;;;;;;10-;;;;;;;/m......1......./s1. The lowest BCUT2D eigenvalue weighted by Crippen LogP contribution is -2.42. The molecule has 0 fully saturated rings. The third-order valence-corrected chi connectivity index (χ3v) is 17.7. The van der Waals surface area contributed by atoms with Crippen LogP contribution in [0.5, 0.6) is 5.75 Å². The van der Waals surface area contributed by atoms with Gasteiger partial charge in [-0.3, -0.25) is 14.4 Å². The second-order valence-corrected chi connectivity index (χ2v) is 31.7. The number of hydrogen-bond acceptors (Lipinski definition) is 12. The van der Waals surface area contributed by atoms with E-state index in [9.17, 15) is 42.3 Å². The second kappa shape index (κ2) is 67.5. The van der Waals surface area contributed by atoms with Crippen molar-refractivity contribution >= 4 is 88.4 Å². The van der Waals surface area contributed by atoms with Gasteiger partial charge in [0.25, 0.3) is 5.91 Å². The predicted molar refractivity (Wildman–Crippen MR) is 529 cm³/mol. The molecular formula is C101H146Cl4F2N10O11. The van der Waals surface area contributed by atoms with Gasteiger partial charge in [0.15, 0.2) is 6.61 Å². The van der Waals surface area contributed by atoms with Crippen molar-refractivity contribution < 1.29 is 61.3 Å². The van der Waals surface area contributed by atoms with Crippen molar-refractivity contribution in [3.63, 3.8) is 0 Å². The Kier molecular flexibility index (Phi) is 65.1. The maximum atomic E-state index is 12.8. The van der Waals surface area contributed by atoms with Gasteiger partial charge in [0.1, 0.15) is 36.6 Å². The molecule has 21 nitrogen and oxygen atoms in total. The first-order valence-electron chi connectivity index (χ1n) is 40.0. The number of carbonyl (C=O) groups is 7. The molecule has 0 heterocycles. The summed E-state index contributed by atoms with van der Waals surface area (Å²) in [5.74, 6) is -1.31. The van der Waals surface area contributed by atoms with Crippen LogP contribution < -0.4 is 58.3 Å². The largest absolute Gasteiger partial charge is 0.482 e. The molecule has 708 valence electrons. The number of ether oxygens (including phenoxy) is 4. The third kappa shape index (κ3) is 51.3. The van der Waals surface area contributed by atoms with Gasteiger partial charge in [-0.2, -0.15) is 0 Å². The lowest BCUT2D eigenvalue weighted by atomic mass is 9.98. The summed E-state index contributed by atoms with van der Waals surface area (Å²) in [6.07, 6.45) is -0.117. The van der Waals surface area contributed by atoms with Crippen molar-refractivity contribution in [2.75, 3.05) is 26.4 Å². The number of carbonyl (C=O) groups excluding carboxylic acids is 7. The van der Waals surface area contributed by atoms with Crippen LogP contribution in [0.4, 0.5) is 28.0 Å². The van der Waals surface area contributed by atoms with Crippen molar-refractivity contribution in [2.45, 2.75) is 242 Å². The van der Waals surface area contributed by atoms with Crippen molar-refractivity contribution in [1.82, 2.24) is 47.9 Å². The summed E-state index contributed by atoms with van der Waals surface area (Å²) in [6.45, 7) is 30.6. The minimum absolute atomic E-state index is 0. The smallest absolute Gasteiger partial charge is 0.407 e. The Hall–Kier alpha value is -10.8. The van der Waals surface area contributed by atoms with Gasteiger partial charge in [-0.25, -0.2) is 28.0 Å². The highest BCUT2D eigenvalue weighted by atomic mass is 35.5. The Labute approximate surface area is 784 Å². The molecule has 0 bridgehead atoms. The van der Waals surface area contributed by atoms with Crippen LogP contribution in [0, 0.1) is 18.6 Å². The molecule has 0 saturated carbocycles. The monoisotopic (exact) mass is 1850 g/mol. The molecule has 27 heteroatoms. The van der Waals surface area contributed by atoms with Crippen LogP contribution in [-0.2, 0) is 54.6 Å². The van der Waals surface area contributed by atoms with E-state index in [2.05, 4.69) is 72.1 Å². The fraction of sp³-hybridized carbons (Fsp3) is 0.396. The summed E-state index contributed by atoms with van der Waals surface area (Å²) in [5.41, 5.74) is 17.1. The number of fused-ring (bicyclic) bond motifs is 3. The van der Waals surface area contributed by atoms with E-state index in [-0.39, 0.29) is 161 Å². The Morgan fingerprint density at radius 2 is 0.852 bits per heavy atom. The van der Waals surface area contributed by atoms with E-state index >= 15 is 0 Å². The van der Waals surface area contributed by atoms with Gasteiger partial charge >= 0.3 is 24.2 Å². The van der Waals surface area contributed by atoms with Gasteiger partial charge in [-0.1, -0.05) is 274 Å². The highest BCUT2D eigenvalue weighted by Crippen LogP contribution is 2.44. The van der Waals surface area contributed by atoms with Crippen LogP contribution in [0.2, 0.25) is 20.1 Å². The Bertz CT molecular complexity index is 4530. The minimum Gasteiger partial charge on any atom is -0.482 e. The van der Waals surface area contributed by atoms with Crippen LogP contribution in [0.15, 0.2) is 218 Å². The van der Waals surface area contributed by atoms with E-state index < -0.39 is 17.7 Å². The van der Waals surface area contributed by atoms with Crippen LogP contribution in [0.25, 0.3) is 11.1 Å². The van der Waals surface area contributed by atoms with Gasteiger partial charge in [-0.05, 0) is 208 Å². The van der Waals surface area contributed by atoms with Gasteiger partial charge in [0.05, 0.1) is 30.7 Å². The Morgan fingerprint density at radius 3 is 1.34 bits per heavy atom. The maximum Gasteiger partial charge on any atom is 0.407 e. The molecule has 0 aromatic heterocycles. The van der Waals surface area contributed by atoms with E-state index in [1.165, 1.54) is 27.8 Å². The number of nitrogens with two attached hydrogens (primary N) is 1. The number of nitrogens with one attached hydrogen (secondary N) is 9. The predicted octanol–water partition coefficient (Wildman–Crippen LogP) is 24.1. The molecule has 0 spiro atoms. The minimum atomic E-state index is -0.664. The Balaban J connectivity index is -0.000000699. The molecule has 0 radical (unpaired) electrons. The molecule has 0 saturated heterocycles. The maximum absolute atomic E-state index is 12.8. The Morgan fingerprint density at radius 1 is 0.414 bits per heavy atom. The fourth-order valence-corrected chi connectivity index (χ4v) is 12.2. The number of amides is 9. The summed E-state index contributed by atoms with van der Waals surface area (Å²) in [6, 6.07) is 66.6. The van der Waals surface area contributed by atoms with Gasteiger partial charge in [0.2, 0.25) is 11.8 Å². The summed E-state index contributed by atoms with van der Waals surface area (Å²) in [4.78, 5) is 80.3. The van der Waals surface area contributed by atoms with Crippen LogP contribution in [-0.4, -0.2) is 111 Å². The van der Waals surface area contributed by atoms with E-state index in [4.69, 9.17) is 71.1 Å². The first-order chi connectivity index (χ1) is 57.5. The van der Waals surface area contributed by atoms with Crippen LogP contribution in [0.3, 0.4) is 0 Å². The molecule has 1 aliphatic rings. The van der Waals surface area contributed by atoms with Gasteiger partial charge in [-0.15, -0.1) is 0 Å².